The number of carbonyl (C=O) groups is 1. The molecule has 0 bridgehead atoms. The summed E-state index contributed by atoms with van der Waals surface area (Å²) < 4.78 is 5.14. The molecular formula is C16H26O3. The van der Waals surface area contributed by atoms with Gasteiger partial charge in [0.25, 0.3) is 0 Å². The average Bonchev–Trinajstić information content (AvgIpc) is 3.08. The van der Waals surface area contributed by atoms with Crippen LogP contribution in [0.3, 0.4) is 0 Å². The number of allylic oxidation sites excluding steroid dienone is 1. The van der Waals surface area contributed by atoms with E-state index in [9.17, 15) is 9.90 Å². The lowest BCUT2D eigenvalue weighted by Crippen LogP contribution is -2.16. The van der Waals surface area contributed by atoms with Crippen LogP contribution in [0.5, 0.6) is 0 Å². The van der Waals surface area contributed by atoms with Gasteiger partial charge in [0.2, 0.25) is 0 Å². The quantitative estimate of drug-likeness (QED) is 0.462. The first-order valence-electron chi connectivity index (χ1n) is 7.81. The summed E-state index contributed by atoms with van der Waals surface area (Å²) in [5.74, 6) is 0.797. The monoisotopic (exact) mass is 266 g/mol. The highest BCUT2D eigenvalue weighted by atomic mass is 16.5. The molecule has 0 aromatic rings. The maximum Gasteiger partial charge on any atom is 0.337 e. The zero-order valence-electron chi connectivity index (χ0n) is 12.0. The van der Waals surface area contributed by atoms with Crippen molar-refractivity contribution in [3.63, 3.8) is 0 Å². The van der Waals surface area contributed by atoms with Crippen LogP contribution in [-0.2, 0) is 9.53 Å². The Morgan fingerprint density at radius 3 is 2.26 bits per heavy atom. The minimum absolute atomic E-state index is 0.195. The van der Waals surface area contributed by atoms with Gasteiger partial charge in [-0.2, -0.15) is 0 Å². The molecule has 19 heavy (non-hydrogen) atoms. The molecule has 0 heterocycles. The Bertz CT molecular complexity index is 334. The van der Waals surface area contributed by atoms with Gasteiger partial charge >= 0.3 is 5.97 Å². The van der Waals surface area contributed by atoms with Crippen LogP contribution >= 0.6 is 0 Å². The summed E-state index contributed by atoms with van der Waals surface area (Å²) in [5.41, 5.74) is 0.570. The molecule has 2 fully saturated rings. The van der Waals surface area contributed by atoms with Crippen molar-refractivity contribution >= 4 is 5.97 Å². The fourth-order valence-corrected chi connectivity index (χ4v) is 3.46. The number of aliphatic hydroxyl groups is 1. The molecule has 0 atom stereocenters. The molecule has 3 nitrogen and oxygen atoms in total. The standard InChI is InChI=1S/C16H26O3/c1-2-19-16(18)14(11-12-7-3-4-8-12)15(17)13-9-5-6-10-13/h12-13,17H,2-11H2,1H3. The molecule has 0 unspecified atom stereocenters. The van der Waals surface area contributed by atoms with Crippen LogP contribution in [0.1, 0.15) is 64.7 Å². The molecule has 0 spiro atoms. The normalized spacial score (nSPS) is 22.6. The highest BCUT2D eigenvalue weighted by molar-refractivity contribution is 5.89. The lowest BCUT2D eigenvalue weighted by Gasteiger charge is -2.17. The predicted octanol–water partition coefficient (Wildman–Crippen LogP) is 4.13. The fraction of sp³-hybridized carbons (Fsp3) is 0.812. The molecule has 2 saturated carbocycles. The van der Waals surface area contributed by atoms with E-state index in [1.807, 2.05) is 6.92 Å². The van der Waals surface area contributed by atoms with E-state index in [0.717, 1.165) is 25.7 Å². The van der Waals surface area contributed by atoms with Crippen molar-refractivity contribution in [1.82, 2.24) is 0 Å². The van der Waals surface area contributed by atoms with E-state index in [1.54, 1.807) is 0 Å². The molecule has 0 aromatic carbocycles. The third-order valence-electron chi connectivity index (χ3n) is 4.54. The Morgan fingerprint density at radius 1 is 1.11 bits per heavy atom. The van der Waals surface area contributed by atoms with Crippen molar-refractivity contribution < 1.29 is 14.6 Å². The largest absolute Gasteiger partial charge is 0.511 e. The average molecular weight is 266 g/mol. The van der Waals surface area contributed by atoms with Gasteiger partial charge in [-0.1, -0.05) is 38.5 Å². The molecule has 0 saturated heterocycles. The van der Waals surface area contributed by atoms with E-state index < -0.39 is 0 Å². The number of carbonyl (C=O) groups excluding carboxylic acids is 1. The molecule has 2 aliphatic rings. The number of rotatable bonds is 5. The molecular weight excluding hydrogens is 240 g/mol. The summed E-state index contributed by atoms with van der Waals surface area (Å²) in [6.45, 7) is 2.20. The van der Waals surface area contributed by atoms with Gasteiger partial charge in [0, 0.05) is 5.92 Å². The Morgan fingerprint density at radius 2 is 1.68 bits per heavy atom. The summed E-state index contributed by atoms with van der Waals surface area (Å²) in [6, 6.07) is 0. The molecule has 3 heteroatoms. The number of hydrogen-bond donors (Lipinski definition) is 1. The van der Waals surface area contributed by atoms with Gasteiger partial charge in [-0.15, -0.1) is 0 Å². The molecule has 0 amide bonds. The second-order valence-electron chi connectivity index (χ2n) is 5.92. The minimum Gasteiger partial charge on any atom is -0.511 e. The van der Waals surface area contributed by atoms with E-state index >= 15 is 0 Å². The van der Waals surface area contributed by atoms with Gasteiger partial charge in [0.05, 0.1) is 12.2 Å². The highest BCUT2D eigenvalue weighted by Crippen LogP contribution is 2.36. The Labute approximate surface area is 116 Å². The SMILES string of the molecule is CCOC(=O)C(CC1CCCC1)=C(O)C1CCCC1. The third-order valence-corrected chi connectivity index (χ3v) is 4.54. The van der Waals surface area contributed by atoms with Crippen molar-refractivity contribution in [2.75, 3.05) is 6.61 Å². The van der Waals surface area contributed by atoms with Crippen LogP contribution in [0.2, 0.25) is 0 Å². The van der Waals surface area contributed by atoms with Crippen molar-refractivity contribution in [2.45, 2.75) is 64.7 Å². The van der Waals surface area contributed by atoms with E-state index in [4.69, 9.17) is 4.74 Å². The van der Waals surface area contributed by atoms with E-state index in [0.29, 0.717) is 30.3 Å². The summed E-state index contributed by atoms with van der Waals surface area (Å²) >= 11 is 0. The summed E-state index contributed by atoms with van der Waals surface area (Å²) in [4.78, 5) is 12.1. The number of hydrogen-bond acceptors (Lipinski definition) is 3. The molecule has 108 valence electrons. The van der Waals surface area contributed by atoms with Crippen molar-refractivity contribution in [1.29, 1.82) is 0 Å². The van der Waals surface area contributed by atoms with Gasteiger partial charge in [-0.3, -0.25) is 0 Å². The first-order valence-corrected chi connectivity index (χ1v) is 7.81. The van der Waals surface area contributed by atoms with Crippen LogP contribution < -0.4 is 0 Å². The molecule has 1 N–H and O–H groups in total. The van der Waals surface area contributed by atoms with Crippen molar-refractivity contribution in [3.05, 3.63) is 11.3 Å². The molecule has 2 aliphatic carbocycles. The maximum absolute atomic E-state index is 12.1. The molecule has 0 aliphatic heterocycles. The summed E-state index contributed by atoms with van der Waals surface area (Å²) in [5, 5.41) is 10.4. The van der Waals surface area contributed by atoms with E-state index in [2.05, 4.69) is 0 Å². The Kier molecular flexibility index (Phi) is 5.29. The second-order valence-corrected chi connectivity index (χ2v) is 5.92. The van der Waals surface area contributed by atoms with Gasteiger partial charge in [0.1, 0.15) is 5.76 Å². The third kappa shape index (κ3) is 3.74. The second kappa shape index (κ2) is 6.97. The molecule has 2 rings (SSSR count). The van der Waals surface area contributed by atoms with Crippen molar-refractivity contribution in [2.24, 2.45) is 11.8 Å². The van der Waals surface area contributed by atoms with Gasteiger partial charge in [-0.05, 0) is 32.1 Å². The Hall–Kier alpha value is -0.990. The van der Waals surface area contributed by atoms with Gasteiger partial charge < -0.3 is 9.84 Å². The van der Waals surface area contributed by atoms with Crippen molar-refractivity contribution in [3.8, 4) is 0 Å². The van der Waals surface area contributed by atoms with Gasteiger partial charge in [-0.25, -0.2) is 4.79 Å². The zero-order valence-corrected chi connectivity index (χ0v) is 12.0. The highest BCUT2D eigenvalue weighted by Gasteiger charge is 2.28. The summed E-state index contributed by atoms with van der Waals surface area (Å²) in [6.07, 6.45) is 9.93. The first kappa shape index (κ1) is 14.4. The van der Waals surface area contributed by atoms with Crippen LogP contribution in [0.15, 0.2) is 11.3 Å². The minimum atomic E-state index is -0.293. The van der Waals surface area contributed by atoms with Crippen LogP contribution in [0.25, 0.3) is 0 Å². The first-order chi connectivity index (χ1) is 9.22. The molecule has 0 aromatic heterocycles. The maximum atomic E-state index is 12.1. The summed E-state index contributed by atoms with van der Waals surface area (Å²) in [7, 11) is 0. The lowest BCUT2D eigenvalue weighted by molar-refractivity contribution is -0.139. The Balaban J connectivity index is 2.11. The van der Waals surface area contributed by atoms with Crippen LogP contribution in [0, 0.1) is 11.8 Å². The van der Waals surface area contributed by atoms with Gasteiger partial charge in [0.15, 0.2) is 0 Å². The zero-order chi connectivity index (χ0) is 13.7. The topological polar surface area (TPSA) is 46.5 Å². The number of esters is 1. The predicted molar refractivity (Wildman–Crippen MR) is 74.8 cm³/mol. The lowest BCUT2D eigenvalue weighted by atomic mass is 9.93. The van der Waals surface area contributed by atoms with E-state index in [-0.39, 0.29) is 11.9 Å². The van der Waals surface area contributed by atoms with Crippen LogP contribution in [0.4, 0.5) is 0 Å². The van der Waals surface area contributed by atoms with E-state index in [1.165, 1.54) is 25.7 Å². The molecule has 0 radical (unpaired) electrons. The number of ether oxygens (including phenoxy) is 1. The fourth-order valence-electron chi connectivity index (χ4n) is 3.46. The number of aliphatic hydroxyl groups excluding tert-OH is 1. The van der Waals surface area contributed by atoms with Crippen LogP contribution in [-0.4, -0.2) is 17.7 Å². The smallest absolute Gasteiger partial charge is 0.337 e.